The molecule has 264 valence electrons. The molecule has 4 aromatic carbocycles. The lowest BCUT2D eigenvalue weighted by atomic mass is 9.99. The lowest BCUT2D eigenvalue weighted by Gasteiger charge is -2.36. The maximum absolute atomic E-state index is 12.3. The number of aliphatic hydroxyl groups is 1. The van der Waals surface area contributed by atoms with Crippen molar-refractivity contribution < 1.29 is 29.3 Å². The number of carbonyl (C=O) groups excluding carboxylic acids is 1. The van der Waals surface area contributed by atoms with E-state index in [4.69, 9.17) is 14.6 Å². The third-order valence-electron chi connectivity index (χ3n) is 8.68. The first-order valence-corrected chi connectivity index (χ1v) is 18.1. The van der Waals surface area contributed by atoms with E-state index in [1.54, 1.807) is 4.68 Å². The Morgan fingerprint density at radius 3 is 2.35 bits per heavy atom. The van der Waals surface area contributed by atoms with Gasteiger partial charge in [-0.25, -0.2) is 0 Å². The van der Waals surface area contributed by atoms with Crippen molar-refractivity contribution in [2.24, 2.45) is 0 Å². The van der Waals surface area contributed by atoms with E-state index >= 15 is 0 Å². The number of hydrogen-bond donors (Lipinski definition) is 3. The minimum atomic E-state index is -0.806. The standard InChI is InChI=1S/C39H41N5O6S/c45-25-27-14-16-30(17-15-27)35-23-34(26-51-39-41-42-43-44(39)33-10-3-1-4-11-33)49-38(50-35)31-20-18-29(19-21-31)32-9-7-8-28(22-32)24-40-36(46)12-5-2-6-13-37(47)48/h1,3-4,7-11,14-22,34-35,38,45H,2,5-6,12-13,23-26H2,(H,40,46)(H,47,48)/t34-,35+,38+/m1/s1. The van der Waals surface area contributed by atoms with Gasteiger partial charge < -0.3 is 25.0 Å². The number of aromatic nitrogens is 4. The molecule has 0 aliphatic carbocycles. The van der Waals surface area contributed by atoms with Crippen molar-refractivity contribution in [3.8, 4) is 16.8 Å². The molecule has 1 aliphatic heterocycles. The number of tetrazole rings is 1. The molecule has 0 bridgehead atoms. The molecule has 12 heteroatoms. The first-order chi connectivity index (χ1) is 24.9. The number of aliphatic hydroxyl groups excluding tert-OH is 1. The van der Waals surface area contributed by atoms with E-state index in [2.05, 4.69) is 26.9 Å². The number of thioether (sulfide) groups is 1. The monoisotopic (exact) mass is 707 g/mol. The topological polar surface area (TPSA) is 149 Å². The Kier molecular flexibility index (Phi) is 12.6. The van der Waals surface area contributed by atoms with Crippen LogP contribution >= 0.6 is 11.8 Å². The van der Waals surface area contributed by atoms with Crippen LogP contribution in [0.1, 0.15) is 73.2 Å². The number of amides is 1. The number of nitrogens with one attached hydrogen (secondary N) is 1. The van der Waals surface area contributed by atoms with Crippen LogP contribution in [0, 0.1) is 0 Å². The lowest BCUT2D eigenvalue weighted by molar-refractivity contribution is -0.245. The fourth-order valence-corrected chi connectivity index (χ4v) is 6.82. The molecule has 1 aromatic heterocycles. The number of benzene rings is 4. The number of unbranched alkanes of at least 4 members (excludes halogenated alkanes) is 2. The number of aliphatic carboxylic acids is 1. The zero-order valence-corrected chi connectivity index (χ0v) is 29.0. The second kappa shape index (κ2) is 17.9. The Hall–Kier alpha value is -4.88. The maximum Gasteiger partial charge on any atom is 0.303 e. The van der Waals surface area contributed by atoms with E-state index in [1.807, 2.05) is 97.1 Å². The van der Waals surface area contributed by atoms with Gasteiger partial charge in [0.2, 0.25) is 11.1 Å². The van der Waals surface area contributed by atoms with Crippen molar-refractivity contribution in [1.29, 1.82) is 0 Å². The van der Waals surface area contributed by atoms with Crippen molar-refractivity contribution in [2.75, 3.05) is 5.75 Å². The fourth-order valence-electron chi connectivity index (χ4n) is 5.91. The highest BCUT2D eigenvalue weighted by molar-refractivity contribution is 7.99. The second-order valence-corrected chi connectivity index (χ2v) is 13.4. The molecule has 2 heterocycles. The minimum absolute atomic E-state index is 0.0194. The van der Waals surface area contributed by atoms with Gasteiger partial charge in [-0.1, -0.05) is 103 Å². The molecule has 1 fully saturated rings. The van der Waals surface area contributed by atoms with Gasteiger partial charge in [0.15, 0.2) is 6.29 Å². The highest BCUT2D eigenvalue weighted by Crippen LogP contribution is 2.40. The number of carbonyl (C=O) groups is 2. The van der Waals surface area contributed by atoms with Gasteiger partial charge >= 0.3 is 5.97 Å². The molecule has 0 unspecified atom stereocenters. The highest BCUT2D eigenvalue weighted by atomic mass is 32.2. The van der Waals surface area contributed by atoms with Crippen LogP contribution < -0.4 is 5.32 Å². The van der Waals surface area contributed by atoms with Crippen molar-refractivity contribution in [2.45, 2.75) is 75.3 Å². The lowest BCUT2D eigenvalue weighted by Crippen LogP contribution is -2.31. The Bertz CT molecular complexity index is 1870. The highest BCUT2D eigenvalue weighted by Gasteiger charge is 2.32. The predicted molar refractivity (Wildman–Crippen MR) is 193 cm³/mol. The van der Waals surface area contributed by atoms with Crippen LogP contribution in [0.5, 0.6) is 0 Å². The molecule has 1 saturated heterocycles. The summed E-state index contributed by atoms with van der Waals surface area (Å²) in [5.41, 5.74) is 6.68. The SMILES string of the molecule is O=C(O)CCCCCC(=O)NCc1cccc(-c2ccc([C@H]3O[C@@H](CSc4nnnn4-c4ccccc4)C[C@@H](c4ccc(CO)cc4)O3)cc2)c1. The Balaban J connectivity index is 1.11. The van der Waals surface area contributed by atoms with E-state index in [9.17, 15) is 14.7 Å². The van der Waals surface area contributed by atoms with Crippen molar-refractivity contribution >= 4 is 23.6 Å². The molecule has 11 nitrogen and oxygen atoms in total. The summed E-state index contributed by atoms with van der Waals surface area (Å²) in [7, 11) is 0. The van der Waals surface area contributed by atoms with E-state index in [1.165, 1.54) is 11.8 Å². The molecule has 51 heavy (non-hydrogen) atoms. The number of rotatable bonds is 16. The molecule has 6 rings (SSSR count). The zero-order valence-electron chi connectivity index (χ0n) is 28.1. The maximum atomic E-state index is 12.3. The predicted octanol–water partition coefficient (Wildman–Crippen LogP) is 6.81. The van der Waals surface area contributed by atoms with Gasteiger partial charge in [0, 0.05) is 37.1 Å². The van der Waals surface area contributed by atoms with Gasteiger partial charge in [-0.2, -0.15) is 4.68 Å². The smallest absolute Gasteiger partial charge is 0.303 e. The summed E-state index contributed by atoms with van der Waals surface area (Å²) in [5, 5.41) is 34.3. The Labute approximate surface area is 301 Å². The van der Waals surface area contributed by atoms with E-state index in [0.29, 0.717) is 43.1 Å². The summed E-state index contributed by atoms with van der Waals surface area (Å²) in [6, 6.07) is 33.8. The quantitative estimate of drug-likeness (QED) is 0.0738. The Morgan fingerprint density at radius 1 is 0.824 bits per heavy atom. The molecule has 1 aliphatic rings. The second-order valence-electron chi connectivity index (χ2n) is 12.4. The molecule has 0 spiro atoms. The zero-order chi connectivity index (χ0) is 35.4. The van der Waals surface area contributed by atoms with Gasteiger partial charge in [-0.15, -0.1) is 5.10 Å². The molecular formula is C39H41N5O6S. The van der Waals surface area contributed by atoms with E-state index in [-0.39, 0.29) is 31.1 Å². The average molecular weight is 708 g/mol. The number of ether oxygens (including phenoxy) is 2. The van der Waals surface area contributed by atoms with Crippen LogP contribution in [0.3, 0.4) is 0 Å². The fraction of sp³-hybridized carbons (Fsp3) is 0.308. The number of carboxylic acids is 1. The Morgan fingerprint density at radius 2 is 1.59 bits per heavy atom. The van der Waals surface area contributed by atoms with Crippen molar-refractivity contribution in [3.05, 3.63) is 125 Å². The van der Waals surface area contributed by atoms with Gasteiger partial charge in [0.1, 0.15) is 0 Å². The normalized spacial score (nSPS) is 17.2. The van der Waals surface area contributed by atoms with E-state index < -0.39 is 12.3 Å². The molecule has 3 N–H and O–H groups in total. The van der Waals surface area contributed by atoms with Crippen LogP contribution in [-0.2, 0) is 32.2 Å². The summed E-state index contributed by atoms with van der Waals surface area (Å²) >= 11 is 1.54. The average Bonchev–Trinajstić information content (AvgIpc) is 3.65. The van der Waals surface area contributed by atoms with Crippen LogP contribution in [0.15, 0.2) is 108 Å². The van der Waals surface area contributed by atoms with Gasteiger partial charge in [-0.3, -0.25) is 9.59 Å². The third-order valence-corrected chi connectivity index (χ3v) is 9.73. The molecule has 3 atom stereocenters. The molecule has 0 radical (unpaired) electrons. The number of nitrogens with zero attached hydrogens (tertiary/aromatic N) is 4. The summed E-state index contributed by atoms with van der Waals surface area (Å²) in [4.78, 5) is 23.0. The summed E-state index contributed by atoms with van der Waals surface area (Å²) in [5.74, 6) is -0.231. The largest absolute Gasteiger partial charge is 0.481 e. The van der Waals surface area contributed by atoms with Crippen molar-refractivity contribution in [1.82, 2.24) is 25.5 Å². The number of hydrogen-bond acceptors (Lipinski definition) is 9. The van der Waals surface area contributed by atoms with Gasteiger partial charge in [0.05, 0.1) is 24.5 Å². The van der Waals surface area contributed by atoms with Crippen LogP contribution in [-0.4, -0.2) is 54.2 Å². The molecular weight excluding hydrogens is 667 g/mol. The first kappa shape index (κ1) is 35.9. The third kappa shape index (κ3) is 10.1. The summed E-state index contributed by atoms with van der Waals surface area (Å²) in [6.45, 7) is 0.399. The molecule has 5 aromatic rings. The summed E-state index contributed by atoms with van der Waals surface area (Å²) < 4.78 is 14.8. The van der Waals surface area contributed by atoms with Crippen LogP contribution in [0.4, 0.5) is 0 Å². The van der Waals surface area contributed by atoms with Crippen LogP contribution in [0.25, 0.3) is 16.8 Å². The van der Waals surface area contributed by atoms with E-state index in [0.717, 1.165) is 45.5 Å². The van der Waals surface area contributed by atoms with Crippen LogP contribution in [0.2, 0.25) is 0 Å². The first-order valence-electron chi connectivity index (χ1n) is 17.1. The van der Waals surface area contributed by atoms with Gasteiger partial charge in [-0.05, 0) is 69.3 Å². The minimum Gasteiger partial charge on any atom is -0.481 e. The summed E-state index contributed by atoms with van der Waals surface area (Å²) in [6.07, 6.45) is 2.15. The van der Waals surface area contributed by atoms with Gasteiger partial charge in [0.25, 0.3) is 0 Å². The van der Waals surface area contributed by atoms with Crippen molar-refractivity contribution in [3.63, 3.8) is 0 Å². The number of para-hydroxylation sites is 1. The molecule has 0 saturated carbocycles. The molecule has 1 amide bonds. The number of carboxylic acid groups (broad SMARTS) is 1.